The number of hydrogen-bond acceptors (Lipinski definition) is 4. The van der Waals surface area contributed by atoms with Gasteiger partial charge in [-0.1, -0.05) is 30.3 Å². The van der Waals surface area contributed by atoms with Crippen molar-refractivity contribution in [2.75, 3.05) is 0 Å². The van der Waals surface area contributed by atoms with Crippen LogP contribution < -0.4 is 4.74 Å². The Kier molecular flexibility index (Phi) is 4.39. The van der Waals surface area contributed by atoms with Crippen molar-refractivity contribution in [3.05, 3.63) is 54.1 Å². The highest BCUT2D eigenvalue weighted by Gasteiger charge is 2.08. The third-order valence-corrected chi connectivity index (χ3v) is 2.68. The second-order valence-corrected chi connectivity index (χ2v) is 4.02. The van der Waals surface area contributed by atoms with E-state index in [-0.39, 0.29) is 5.75 Å². The van der Waals surface area contributed by atoms with E-state index in [2.05, 4.69) is 5.16 Å². The minimum Gasteiger partial charge on any atom is -0.504 e. The summed E-state index contributed by atoms with van der Waals surface area (Å²) >= 11 is 0. The number of nitrogens with zero attached hydrogens (tertiary/aromatic N) is 1. The van der Waals surface area contributed by atoms with E-state index in [9.17, 15) is 5.11 Å². The normalized spacial score (nSPS) is 10.7. The van der Waals surface area contributed by atoms with Gasteiger partial charge in [-0.05, 0) is 36.6 Å². The van der Waals surface area contributed by atoms with Crippen LogP contribution in [-0.4, -0.2) is 16.5 Å². The van der Waals surface area contributed by atoms with E-state index in [0.29, 0.717) is 24.3 Å². The van der Waals surface area contributed by atoms with Gasteiger partial charge in [0.05, 0.1) is 0 Å². The van der Waals surface area contributed by atoms with Crippen LogP contribution in [0.2, 0.25) is 0 Å². The lowest BCUT2D eigenvalue weighted by atomic mass is 10.1. The Balaban J connectivity index is 2.15. The molecule has 2 aromatic carbocycles. The molecule has 0 amide bonds. The molecule has 2 N–H and O–H groups in total. The molecule has 0 saturated carbocycles. The average molecular weight is 257 g/mol. The highest BCUT2D eigenvalue weighted by molar-refractivity contribution is 5.57. The maximum Gasteiger partial charge on any atom is 0.169 e. The number of para-hydroxylation sites is 2. The number of oxime groups is 1. The lowest BCUT2D eigenvalue weighted by Crippen LogP contribution is -1.91. The van der Waals surface area contributed by atoms with Crippen LogP contribution in [0.15, 0.2) is 53.7 Å². The summed E-state index contributed by atoms with van der Waals surface area (Å²) in [5.41, 5.74) is 0.758. The van der Waals surface area contributed by atoms with Gasteiger partial charge < -0.3 is 15.1 Å². The lowest BCUT2D eigenvalue weighted by Gasteiger charge is -2.10. The Labute approximate surface area is 111 Å². The molecular formula is C15H15NO3. The zero-order chi connectivity index (χ0) is 13.5. The summed E-state index contributed by atoms with van der Waals surface area (Å²) in [5.74, 6) is 1.22. The van der Waals surface area contributed by atoms with Crippen molar-refractivity contribution in [1.29, 1.82) is 0 Å². The predicted molar refractivity (Wildman–Crippen MR) is 73.2 cm³/mol. The molecule has 0 radical (unpaired) electrons. The molecule has 4 heteroatoms. The summed E-state index contributed by atoms with van der Waals surface area (Å²) in [7, 11) is 0. The number of aryl methyl sites for hydroxylation is 1. The van der Waals surface area contributed by atoms with Gasteiger partial charge >= 0.3 is 0 Å². The first kappa shape index (κ1) is 13.0. The molecule has 98 valence electrons. The van der Waals surface area contributed by atoms with Gasteiger partial charge in [-0.2, -0.15) is 0 Å². The van der Waals surface area contributed by atoms with E-state index < -0.39 is 0 Å². The van der Waals surface area contributed by atoms with Crippen LogP contribution in [-0.2, 0) is 6.42 Å². The smallest absolute Gasteiger partial charge is 0.169 e. The molecule has 0 unspecified atom stereocenters. The summed E-state index contributed by atoms with van der Waals surface area (Å²) in [6.45, 7) is 0. The summed E-state index contributed by atoms with van der Waals surface area (Å²) in [5, 5.41) is 21.4. The molecule has 2 aromatic rings. The van der Waals surface area contributed by atoms with Crippen molar-refractivity contribution >= 4 is 6.21 Å². The molecule has 0 saturated heterocycles. The standard InChI is InChI=1S/C15H15NO3/c17-15-12(7-5-11-16-18)6-4-10-14(15)19-13-8-2-1-3-9-13/h1-4,6,8-11,17-18H,5,7H2. The van der Waals surface area contributed by atoms with Crippen LogP contribution in [0.3, 0.4) is 0 Å². The quantitative estimate of drug-likeness (QED) is 0.489. The van der Waals surface area contributed by atoms with Gasteiger partial charge in [-0.15, -0.1) is 5.16 Å². The molecule has 0 aliphatic carbocycles. The Morgan fingerprint density at radius 2 is 1.84 bits per heavy atom. The molecule has 0 bridgehead atoms. The molecule has 0 atom stereocenters. The SMILES string of the molecule is ON=CCCc1cccc(Oc2ccccc2)c1O. The Hall–Kier alpha value is -2.49. The van der Waals surface area contributed by atoms with Crippen molar-refractivity contribution in [3.8, 4) is 17.2 Å². The van der Waals surface area contributed by atoms with Crippen molar-refractivity contribution < 1.29 is 15.1 Å². The topological polar surface area (TPSA) is 62.1 Å². The van der Waals surface area contributed by atoms with Crippen LogP contribution in [0, 0.1) is 0 Å². The van der Waals surface area contributed by atoms with Gasteiger partial charge in [0.1, 0.15) is 5.75 Å². The number of benzene rings is 2. The second kappa shape index (κ2) is 6.44. The van der Waals surface area contributed by atoms with Gasteiger partial charge in [0.2, 0.25) is 0 Å². The van der Waals surface area contributed by atoms with E-state index in [4.69, 9.17) is 9.94 Å². The van der Waals surface area contributed by atoms with Gasteiger partial charge in [0.15, 0.2) is 11.5 Å². The molecule has 0 aliphatic heterocycles. The third-order valence-electron chi connectivity index (χ3n) is 2.68. The molecule has 4 nitrogen and oxygen atoms in total. The van der Waals surface area contributed by atoms with Crippen LogP contribution in [0.1, 0.15) is 12.0 Å². The Morgan fingerprint density at radius 3 is 2.58 bits per heavy atom. The van der Waals surface area contributed by atoms with E-state index in [1.807, 2.05) is 42.5 Å². The fourth-order valence-electron chi connectivity index (χ4n) is 1.75. The van der Waals surface area contributed by atoms with Crippen LogP contribution in [0.5, 0.6) is 17.2 Å². The zero-order valence-electron chi connectivity index (χ0n) is 10.4. The molecule has 0 spiro atoms. The summed E-state index contributed by atoms with van der Waals surface area (Å²) in [4.78, 5) is 0. The second-order valence-electron chi connectivity index (χ2n) is 4.02. The van der Waals surface area contributed by atoms with Gasteiger partial charge in [0.25, 0.3) is 0 Å². The number of aromatic hydroxyl groups is 1. The first-order chi connectivity index (χ1) is 9.31. The van der Waals surface area contributed by atoms with Crippen LogP contribution in [0.4, 0.5) is 0 Å². The van der Waals surface area contributed by atoms with Crippen LogP contribution >= 0.6 is 0 Å². The molecular weight excluding hydrogens is 242 g/mol. The Morgan fingerprint density at radius 1 is 1.05 bits per heavy atom. The first-order valence-electron chi connectivity index (χ1n) is 6.01. The van der Waals surface area contributed by atoms with E-state index in [0.717, 1.165) is 5.56 Å². The number of ether oxygens (including phenoxy) is 1. The minimum atomic E-state index is 0.123. The first-order valence-corrected chi connectivity index (χ1v) is 6.01. The number of phenols is 1. The fraction of sp³-hybridized carbons (Fsp3) is 0.133. The van der Waals surface area contributed by atoms with Crippen molar-refractivity contribution in [2.45, 2.75) is 12.8 Å². The largest absolute Gasteiger partial charge is 0.504 e. The van der Waals surface area contributed by atoms with Gasteiger partial charge in [0, 0.05) is 6.21 Å². The maximum absolute atomic E-state index is 10.1. The summed E-state index contributed by atoms with van der Waals surface area (Å²) in [6, 6.07) is 14.6. The van der Waals surface area contributed by atoms with E-state index in [1.54, 1.807) is 6.07 Å². The number of phenolic OH excluding ortho intramolecular Hbond substituents is 1. The summed E-state index contributed by atoms with van der Waals surface area (Å²) in [6.07, 6.45) is 2.53. The Bertz CT molecular complexity index is 553. The molecule has 19 heavy (non-hydrogen) atoms. The van der Waals surface area contributed by atoms with Crippen molar-refractivity contribution in [2.24, 2.45) is 5.16 Å². The molecule has 0 aromatic heterocycles. The molecule has 0 aliphatic rings. The van der Waals surface area contributed by atoms with E-state index >= 15 is 0 Å². The van der Waals surface area contributed by atoms with E-state index in [1.165, 1.54) is 6.21 Å². The lowest BCUT2D eigenvalue weighted by molar-refractivity contribution is 0.320. The maximum atomic E-state index is 10.1. The monoisotopic (exact) mass is 257 g/mol. The van der Waals surface area contributed by atoms with Gasteiger partial charge in [-0.25, -0.2) is 0 Å². The van der Waals surface area contributed by atoms with Gasteiger partial charge in [-0.3, -0.25) is 0 Å². The molecule has 2 rings (SSSR count). The zero-order valence-corrected chi connectivity index (χ0v) is 10.4. The average Bonchev–Trinajstić information content (AvgIpc) is 2.44. The fourth-order valence-corrected chi connectivity index (χ4v) is 1.75. The predicted octanol–water partition coefficient (Wildman–Crippen LogP) is 3.58. The number of hydrogen-bond donors (Lipinski definition) is 2. The number of rotatable bonds is 5. The van der Waals surface area contributed by atoms with Crippen LogP contribution in [0.25, 0.3) is 0 Å². The van der Waals surface area contributed by atoms with Crippen molar-refractivity contribution in [1.82, 2.24) is 0 Å². The minimum absolute atomic E-state index is 0.123. The highest BCUT2D eigenvalue weighted by Crippen LogP contribution is 2.33. The highest BCUT2D eigenvalue weighted by atomic mass is 16.5. The van der Waals surface area contributed by atoms with Crippen molar-refractivity contribution in [3.63, 3.8) is 0 Å². The third kappa shape index (κ3) is 3.48. The summed E-state index contributed by atoms with van der Waals surface area (Å²) < 4.78 is 5.62. The molecule has 0 fully saturated rings. The molecule has 0 heterocycles.